The summed E-state index contributed by atoms with van der Waals surface area (Å²) in [5.74, 6) is 0.585. The summed E-state index contributed by atoms with van der Waals surface area (Å²) in [5, 5.41) is 2.61. The zero-order valence-electron chi connectivity index (χ0n) is 14.0. The zero-order valence-corrected chi connectivity index (χ0v) is 14.0. The quantitative estimate of drug-likeness (QED) is 0.722. The van der Waals surface area contributed by atoms with E-state index in [0.29, 0.717) is 17.0 Å². The van der Waals surface area contributed by atoms with E-state index in [4.69, 9.17) is 9.15 Å². The number of hydrogen-bond donors (Lipinski definition) is 1. The van der Waals surface area contributed by atoms with Crippen LogP contribution in [0.1, 0.15) is 27.4 Å². The minimum atomic E-state index is -0.440. The van der Waals surface area contributed by atoms with Gasteiger partial charge < -0.3 is 14.5 Å². The molecule has 0 saturated carbocycles. The van der Waals surface area contributed by atoms with Crippen LogP contribution in [0.2, 0.25) is 0 Å². The molecule has 5 heteroatoms. The second-order valence-electron chi connectivity index (χ2n) is 5.79. The summed E-state index contributed by atoms with van der Waals surface area (Å²) in [4.78, 5) is 12.2. The lowest BCUT2D eigenvalue weighted by Crippen LogP contribution is -2.11. The van der Waals surface area contributed by atoms with Gasteiger partial charge >= 0.3 is 0 Å². The number of carbonyl (C=O) groups excluding carboxylic acids is 1. The van der Waals surface area contributed by atoms with E-state index >= 15 is 0 Å². The molecule has 0 bridgehead atoms. The highest BCUT2D eigenvalue weighted by Crippen LogP contribution is 2.17. The van der Waals surface area contributed by atoms with Crippen molar-refractivity contribution < 1.29 is 18.3 Å². The molecule has 0 aliphatic heterocycles. The molecule has 4 nitrogen and oxygen atoms in total. The average molecular weight is 339 g/mol. The van der Waals surface area contributed by atoms with Gasteiger partial charge in [0.1, 0.15) is 23.9 Å². The molecule has 0 aliphatic rings. The summed E-state index contributed by atoms with van der Waals surface area (Å²) in [7, 11) is 0. The Hall–Kier alpha value is -3.08. The van der Waals surface area contributed by atoms with Crippen LogP contribution in [0.4, 0.5) is 10.1 Å². The van der Waals surface area contributed by atoms with Crippen LogP contribution in [-0.4, -0.2) is 5.91 Å². The van der Waals surface area contributed by atoms with Crippen molar-refractivity contribution in [2.45, 2.75) is 20.5 Å². The van der Waals surface area contributed by atoms with E-state index in [-0.39, 0.29) is 18.2 Å². The number of hydrogen-bond acceptors (Lipinski definition) is 3. The van der Waals surface area contributed by atoms with Crippen LogP contribution in [0.5, 0.6) is 5.75 Å². The molecule has 0 atom stereocenters. The van der Waals surface area contributed by atoms with E-state index in [2.05, 4.69) is 5.32 Å². The molecule has 0 unspecified atom stereocenters. The van der Waals surface area contributed by atoms with E-state index < -0.39 is 5.91 Å². The summed E-state index contributed by atoms with van der Waals surface area (Å²) in [6, 6.07) is 15.4. The van der Waals surface area contributed by atoms with Crippen molar-refractivity contribution >= 4 is 11.6 Å². The number of anilines is 1. The van der Waals surface area contributed by atoms with Gasteiger partial charge in [-0.3, -0.25) is 4.79 Å². The Labute approximate surface area is 145 Å². The molecule has 0 saturated heterocycles. The first-order valence-corrected chi connectivity index (χ1v) is 7.87. The summed E-state index contributed by atoms with van der Waals surface area (Å²) >= 11 is 0. The SMILES string of the molecule is Cc1ccc(OCc2ccc(C(=O)Nc3ccc(C)c(F)c3)o2)cc1. The molecule has 25 heavy (non-hydrogen) atoms. The van der Waals surface area contributed by atoms with Crippen LogP contribution in [0.3, 0.4) is 0 Å². The first-order chi connectivity index (χ1) is 12.0. The second kappa shape index (κ2) is 7.21. The number of carbonyl (C=O) groups is 1. The maximum atomic E-state index is 13.5. The molecule has 3 rings (SSSR count). The molecular formula is C20H18FNO3. The summed E-state index contributed by atoms with van der Waals surface area (Å²) in [5.41, 5.74) is 2.05. The molecule has 0 radical (unpaired) electrons. The monoisotopic (exact) mass is 339 g/mol. The normalized spacial score (nSPS) is 10.5. The van der Waals surface area contributed by atoms with Gasteiger partial charge in [-0.1, -0.05) is 23.8 Å². The molecule has 128 valence electrons. The molecule has 1 aromatic heterocycles. The van der Waals surface area contributed by atoms with Gasteiger partial charge in [0.05, 0.1) is 0 Å². The predicted molar refractivity (Wildman–Crippen MR) is 93.3 cm³/mol. The van der Waals surface area contributed by atoms with Gasteiger partial charge in [0, 0.05) is 5.69 Å². The lowest BCUT2D eigenvalue weighted by Gasteiger charge is -2.05. The van der Waals surface area contributed by atoms with Crippen molar-refractivity contribution in [2.24, 2.45) is 0 Å². The number of furan rings is 1. The van der Waals surface area contributed by atoms with E-state index in [1.165, 1.54) is 6.07 Å². The van der Waals surface area contributed by atoms with E-state index in [1.807, 2.05) is 31.2 Å². The number of benzene rings is 2. The van der Waals surface area contributed by atoms with Gasteiger partial charge in [0.15, 0.2) is 5.76 Å². The second-order valence-corrected chi connectivity index (χ2v) is 5.79. The first kappa shape index (κ1) is 16.8. The summed E-state index contributed by atoms with van der Waals surface area (Å²) < 4.78 is 24.6. The molecule has 1 amide bonds. The number of halogens is 1. The summed E-state index contributed by atoms with van der Waals surface area (Å²) in [6.07, 6.45) is 0. The first-order valence-electron chi connectivity index (χ1n) is 7.87. The standard InChI is InChI=1S/C20H18FNO3/c1-13-3-7-16(8-4-13)24-12-17-9-10-19(25-17)20(23)22-15-6-5-14(2)18(21)11-15/h3-11H,12H2,1-2H3,(H,22,23). The van der Waals surface area contributed by atoms with Crippen molar-refractivity contribution in [3.05, 3.63) is 83.1 Å². The van der Waals surface area contributed by atoms with Crippen molar-refractivity contribution in [1.82, 2.24) is 0 Å². The summed E-state index contributed by atoms with van der Waals surface area (Å²) in [6.45, 7) is 3.88. The molecule has 1 heterocycles. The average Bonchev–Trinajstić information content (AvgIpc) is 3.07. The highest BCUT2D eigenvalue weighted by molar-refractivity contribution is 6.02. The van der Waals surface area contributed by atoms with Crippen molar-refractivity contribution in [1.29, 1.82) is 0 Å². The van der Waals surface area contributed by atoms with Crippen LogP contribution in [0.25, 0.3) is 0 Å². The van der Waals surface area contributed by atoms with Gasteiger partial charge in [-0.25, -0.2) is 4.39 Å². The van der Waals surface area contributed by atoms with Gasteiger partial charge in [0.2, 0.25) is 0 Å². The topological polar surface area (TPSA) is 51.5 Å². The maximum Gasteiger partial charge on any atom is 0.291 e. The number of amides is 1. The third-order valence-corrected chi connectivity index (χ3v) is 3.72. The van der Waals surface area contributed by atoms with E-state index in [9.17, 15) is 9.18 Å². The van der Waals surface area contributed by atoms with Crippen molar-refractivity contribution in [3.8, 4) is 5.75 Å². The molecule has 1 N–H and O–H groups in total. The van der Waals surface area contributed by atoms with Crippen molar-refractivity contribution in [3.63, 3.8) is 0 Å². The van der Waals surface area contributed by atoms with Crippen LogP contribution in [0.15, 0.2) is 59.0 Å². The third kappa shape index (κ3) is 4.26. The molecule has 0 fully saturated rings. The fraction of sp³-hybridized carbons (Fsp3) is 0.150. The Morgan fingerprint density at radius 1 is 1.08 bits per heavy atom. The number of rotatable bonds is 5. The number of nitrogens with one attached hydrogen (secondary N) is 1. The van der Waals surface area contributed by atoms with Crippen LogP contribution >= 0.6 is 0 Å². The Kier molecular flexibility index (Phi) is 4.84. The Morgan fingerprint density at radius 2 is 1.84 bits per heavy atom. The smallest absolute Gasteiger partial charge is 0.291 e. The predicted octanol–water partition coefficient (Wildman–Crippen LogP) is 4.87. The van der Waals surface area contributed by atoms with Gasteiger partial charge in [0.25, 0.3) is 5.91 Å². The molecular weight excluding hydrogens is 321 g/mol. The molecule has 3 aromatic rings. The van der Waals surface area contributed by atoms with Gasteiger partial charge in [-0.05, 0) is 55.8 Å². The van der Waals surface area contributed by atoms with Gasteiger partial charge in [-0.15, -0.1) is 0 Å². The Bertz CT molecular complexity index is 884. The van der Waals surface area contributed by atoms with Crippen molar-refractivity contribution in [2.75, 3.05) is 5.32 Å². The van der Waals surface area contributed by atoms with E-state index in [1.54, 1.807) is 31.2 Å². The molecule has 2 aromatic carbocycles. The highest BCUT2D eigenvalue weighted by Gasteiger charge is 2.12. The fourth-order valence-electron chi connectivity index (χ4n) is 2.23. The number of ether oxygens (including phenoxy) is 1. The highest BCUT2D eigenvalue weighted by atomic mass is 19.1. The minimum Gasteiger partial charge on any atom is -0.486 e. The lowest BCUT2D eigenvalue weighted by molar-refractivity contribution is 0.0992. The minimum absolute atomic E-state index is 0.142. The molecule has 0 spiro atoms. The van der Waals surface area contributed by atoms with E-state index in [0.717, 1.165) is 11.3 Å². The Morgan fingerprint density at radius 3 is 2.56 bits per heavy atom. The number of aryl methyl sites for hydroxylation is 2. The lowest BCUT2D eigenvalue weighted by atomic mass is 10.2. The third-order valence-electron chi connectivity index (χ3n) is 3.72. The molecule has 0 aliphatic carbocycles. The zero-order chi connectivity index (χ0) is 17.8. The van der Waals surface area contributed by atoms with Crippen LogP contribution < -0.4 is 10.1 Å². The fourth-order valence-corrected chi connectivity index (χ4v) is 2.23. The largest absolute Gasteiger partial charge is 0.486 e. The van der Waals surface area contributed by atoms with Crippen LogP contribution in [-0.2, 0) is 6.61 Å². The maximum absolute atomic E-state index is 13.5. The van der Waals surface area contributed by atoms with Crippen LogP contribution in [0, 0.1) is 19.7 Å². The van der Waals surface area contributed by atoms with Gasteiger partial charge in [-0.2, -0.15) is 0 Å². The Balaban J connectivity index is 1.61.